The van der Waals surface area contributed by atoms with Crippen molar-refractivity contribution in [2.24, 2.45) is 0 Å². The van der Waals surface area contributed by atoms with Gasteiger partial charge in [-0.25, -0.2) is 0 Å². The molecule has 0 aromatic carbocycles. The van der Waals surface area contributed by atoms with Gasteiger partial charge in [0.05, 0.1) is 0 Å². The molecule has 0 amide bonds. The second-order valence-corrected chi connectivity index (χ2v) is 0. The summed E-state index contributed by atoms with van der Waals surface area (Å²) in [6.07, 6.45) is 0. The zero-order valence-corrected chi connectivity index (χ0v) is 6.14. The zero-order chi connectivity index (χ0) is 0. The summed E-state index contributed by atoms with van der Waals surface area (Å²) in [5.74, 6) is 0. The predicted octanol–water partition coefficient (Wildman–Crippen LogP) is -0.0100. The first-order valence-electron chi connectivity index (χ1n) is 0. The number of hydrogen-bond acceptors (Lipinski definition) is 0. The SMILES string of the molecule is [Ag].[Cu].[Cu].[Pd]. The Morgan fingerprint density at radius 2 is 0.750 bits per heavy atom. The fourth-order valence-electron chi connectivity index (χ4n) is 0. The summed E-state index contributed by atoms with van der Waals surface area (Å²) < 4.78 is 0. The average molecular weight is 341 g/mol. The van der Waals surface area contributed by atoms with Crippen LogP contribution in [0.15, 0.2) is 0 Å². The Balaban J connectivity index is 0. The Morgan fingerprint density at radius 1 is 0.750 bits per heavy atom. The first kappa shape index (κ1) is 32.0. The second kappa shape index (κ2) is 18.0. The molecule has 0 aliphatic rings. The number of hydrogen-bond donors (Lipinski definition) is 0. The van der Waals surface area contributed by atoms with Crippen molar-refractivity contribution in [3.8, 4) is 0 Å². The minimum Gasteiger partial charge on any atom is 0 e. The maximum Gasteiger partial charge on any atom is 0 e. The Hall–Kier alpha value is 2.44. The van der Waals surface area contributed by atoms with Gasteiger partial charge in [0.1, 0.15) is 0 Å². The van der Waals surface area contributed by atoms with Crippen LogP contribution in [0.2, 0.25) is 0 Å². The molecule has 0 atom stereocenters. The molecule has 0 unspecified atom stereocenters. The molecule has 0 saturated heterocycles. The van der Waals surface area contributed by atoms with Crippen molar-refractivity contribution >= 4 is 0 Å². The van der Waals surface area contributed by atoms with Gasteiger partial charge in [-0.15, -0.1) is 0 Å². The van der Waals surface area contributed by atoms with E-state index in [2.05, 4.69) is 0 Å². The molecular weight excluding hydrogens is 341 g/mol. The quantitative estimate of drug-likeness (QED) is 0.544. The molecule has 4 heteroatoms. The molecule has 0 rings (SSSR count). The first-order chi connectivity index (χ1) is 0. The van der Waals surface area contributed by atoms with E-state index in [0.717, 1.165) is 0 Å². The summed E-state index contributed by atoms with van der Waals surface area (Å²) in [6, 6.07) is 0. The maximum absolute atomic E-state index is 0. The fraction of sp³-hybridized carbons (Fsp3) is 0. The van der Waals surface area contributed by atoms with Gasteiger partial charge in [0.15, 0.2) is 0 Å². The summed E-state index contributed by atoms with van der Waals surface area (Å²) in [4.78, 5) is 0. The standard InChI is InChI=1S/Ag.2Cu.Pd. The minimum absolute atomic E-state index is 0. The van der Waals surface area contributed by atoms with Crippen molar-refractivity contribution in [3.05, 3.63) is 0 Å². The van der Waals surface area contributed by atoms with Crippen LogP contribution >= 0.6 is 0 Å². The van der Waals surface area contributed by atoms with Gasteiger partial charge in [0.25, 0.3) is 0 Å². The van der Waals surface area contributed by atoms with E-state index in [1.54, 1.807) is 0 Å². The van der Waals surface area contributed by atoms with Gasteiger partial charge in [-0.3, -0.25) is 0 Å². The molecule has 3 radical (unpaired) electrons. The van der Waals surface area contributed by atoms with Gasteiger partial charge in [-0.1, -0.05) is 0 Å². The molecule has 0 fully saturated rings. The molecule has 0 N–H and O–H groups in total. The average Bonchev–Trinajstić information content (AvgIpc) is 0. The summed E-state index contributed by atoms with van der Waals surface area (Å²) in [6.45, 7) is 0. The van der Waals surface area contributed by atoms with Gasteiger partial charge in [-0.2, -0.15) is 0 Å². The zero-order valence-electron chi connectivity index (χ0n) is 1.22. The van der Waals surface area contributed by atoms with E-state index in [-0.39, 0.29) is 76.9 Å². The van der Waals surface area contributed by atoms with E-state index in [4.69, 9.17) is 0 Å². The Bertz CT molecular complexity index is 6.00. The van der Waals surface area contributed by atoms with Crippen LogP contribution in [-0.2, 0) is 76.9 Å². The largest absolute Gasteiger partial charge is 0 e. The number of rotatable bonds is 0. The monoisotopic (exact) mass is 339 g/mol. The van der Waals surface area contributed by atoms with E-state index < -0.39 is 0 Å². The first-order valence-corrected chi connectivity index (χ1v) is 0. The third-order valence-electron chi connectivity index (χ3n) is 0. The van der Waals surface area contributed by atoms with Crippen molar-refractivity contribution in [2.75, 3.05) is 0 Å². The summed E-state index contributed by atoms with van der Waals surface area (Å²) in [5, 5.41) is 0. The minimum atomic E-state index is 0. The molecule has 0 saturated carbocycles. The van der Waals surface area contributed by atoms with Crippen molar-refractivity contribution in [3.63, 3.8) is 0 Å². The van der Waals surface area contributed by atoms with Gasteiger partial charge < -0.3 is 0 Å². The van der Waals surface area contributed by atoms with Crippen LogP contribution in [0.4, 0.5) is 0 Å². The van der Waals surface area contributed by atoms with Crippen molar-refractivity contribution in [1.29, 1.82) is 0 Å². The van der Waals surface area contributed by atoms with Crippen LogP contribution in [0.1, 0.15) is 0 Å². The Labute approximate surface area is 76.0 Å². The Kier molecular flexibility index (Phi) is 144. The third-order valence-corrected chi connectivity index (χ3v) is 0. The second-order valence-electron chi connectivity index (χ2n) is 0. The normalized spacial score (nSPS) is 0. The van der Waals surface area contributed by atoms with Crippen LogP contribution in [-0.4, -0.2) is 0 Å². The topological polar surface area (TPSA) is 0 Å². The van der Waals surface area contributed by atoms with Crippen LogP contribution in [0.25, 0.3) is 0 Å². The molecule has 0 aromatic rings. The van der Waals surface area contributed by atoms with Crippen LogP contribution in [0, 0.1) is 0 Å². The summed E-state index contributed by atoms with van der Waals surface area (Å²) in [5.41, 5.74) is 0. The molecular formula is AgCu2Pd. The third kappa shape index (κ3) is 8.82. The van der Waals surface area contributed by atoms with E-state index in [9.17, 15) is 0 Å². The molecule has 0 heterocycles. The van der Waals surface area contributed by atoms with Gasteiger partial charge >= 0.3 is 0 Å². The fourth-order valence-corrected chi connectivity index (χ4v) is 0. The smallest absolute Gasteiger partial charge is 0 e. The predicted molar refractivity (Wildman–Crippen MR) is 0 cm³/mol. The molecule has 0 aliphatic heterocycles. The van der Waals surface area contributed by atoms with E-state index in [1.807, 2.05) is 0 Å². The molecule has 0 nitrogen and oxygen atoms in total. The van der Waals surface area contributed by atoms with Crippen LogP contribution < -0.4 is 0 Å². The molecule has 0 aromatic heterocycles. The van der Waals surface area contributed by atoms with Crippen molar-refractivity contribution < 1.29 is 76.9 Å². The van der Waals surface area contributed by atoms with Crippen molar-refractivity contribution in [1.82, 2.24) is 0 Å². The van der Waals surface area contributed by atoms with Gasteiger partial charge in [0.2, 0.25) is 0 Å². The summed E-state index contributed by atoms with van der Waals surface area (Å²) >= 11 is 0. The van der Waals surface area contributed by atoms with Gasteiger partial charge in [-0.05, 0) is 0 Å². The van der Waals surface area contributed by atoms with Gasteiger partial charge in [0, 0.05) is 76.9 Å². The van der Waals surface area contributed by atoms with Crippen LogP contribution in [0.5, 0.6) is 0 Å². The molecule has 0 bridgehead atoms. The molecule has 43 valence electrons. The van der Waals surface area contributed by atoms with Crippen LogP contribution in [0.3, 0.4) is 0 Å². The van der Waals surface area contributed by atoms with Crippen molar-refractivity contribution in [2.45, 2.75) is 0 Å². The molecule has 4 heavy (non-hydrogen) atoms. The van der Waals surface area contributed by atoms with E-state index >= 15 is 0 Å². The molecule has 0 aliphatic carbocycles. The molecule has 0 spiro atoms. The Morgan fingerprint density at radius 3 is 0.750 bits per heavy atom. The summed E-state index contributed by atoms with van der Waals surface area (Å²) in [7, 11) is 0. The maximum atomic E-state index is 0. The van der Waals surface area contributed by atoms with E-state index in [0.29, 0.717) is 0 Å². The van der Waals surface area contributed by atoms with E-state index in [1.165, 1.54) is 0 Å².